The summed E-state index contributed by atoms with van der Waals surface area (Å²) in [5, 5.41) is 0. The summed E-state index contributed by atoms with van der Waals surface area (Å²) in [7, 11) is 3.39. The van der Waals surface area contributed by atoms with Gasteiger partial charge in [-0.25, -0.2) is 0 Å². The zero-order chi connectivity index (χ0) is 14.6. The number of carbonyl (C=O) groups excluding carboxylic acids is 1. The zero-order valence-electron chi connectivity index (χ0n) is 11.2. The SMILES string of the molecule is CC(N)Cc1cc(Br)c(OCC(=O)N(C)C)c(Br)c1. The van der Waals surface area contributed by atoms with Gasteiger partial charge in [0.25, 0.3) is 5.91 Å². The Bertz CT molecular complexity index is 439. The minimum Gasteiger partial charge on any atom is -0.481 e. The number of ether oxygens (including phenoxy) is 1. The summed E-state index contributed by atoms with van der Waals surface area (Å²) in [5.74, 6) is 0.544. The van der Waals surface area contributed by atoms with Crippen LogP contribution in [-0.2, 0) is 11.2 Å². The molecule has 0 aliphatic rings. The van der Waals surface area contributed by atoms with Gasteiger partial charge < -0.3 is 15.4 Å². The first-order chi connectivity index (χ1) is 8.81. The molecule has 0 heterocycles. The first-order valence-corrected chi connectivity index (χ1v) is 7.46. The van der Waals surface area contributed by atoms with Gasteiger partial charge in [0.15, 0.2) is 6.61 Å². The lowest BCUT2D eigenvalue weighted by Gasteiger charge is -2.15. The quantitative estimate of drug-likeness (QED) is 0.836. The van der Waals surface area contributed by atoms with Crippen LogP contribution in [0.1, 0.15) is 12.5 Å². The molecule has 1 aromatic carbocycles. The van der Waals surface area contributed by atoms with Gasteiger partial charge in [-0.05, 0) is 62.9 Å². The molecule has 0 spiro atoms. The summed E-state index contributed by atoms with van der Waals surface area (Å²) in [6.07, 6.45) is 0.786. The summed E-state index contributed by atoms with van der Waals surface area (Å²) in [6, 6.07) is 4.02. The Morgan fingerprint density at radius 3 is 2.32 bits per heavy atom. The fourth-order valence-electron chi connectivity index (χ4n) is 1.50. The molecule has 0 saturated carbocycles. The highest BCUT2D eigenvalue weighted by Gasteiger charge is 2.12. The predicted molar refractivity (Wildman–Crippen MR) is 83.4 cm³/mol. The van der Waals surface area contributed by atoms with Crippen molar-refractivity contribution in [1.82, 2.24) is 4.90 Å². The molecule has 1 atom stereocenters. The van der Waals surface area contributed by atoms with Crippen LogP contribution in [0.4, 0.5) is 0 Å². The topological polar surface area (TPSA) is 55.6 Å². The molecule has 1 amide bonds. The van der Waals surface area contributed by atoms with E-state index in [2.05, 4.69) is 31.9 Å². The molecule has 1 aromatic rings. The Kier molecular flexibility index (Phi) is 6.29. The van der Waals surface area contributed by atoms with E-state index < -0.39 is 0 Å². The van der Waals surface area contributed by atoms with E-state index >= 15 is 0 Å². The van der Waals surface area contributed by atoms with Gasteiger partial charge >= 0.3 is 0 Å². The second-order valence-electron chi connectivity index (χ2n) is 4.65. The van der Waals surface area contributed by atoms with Crippen LogP contribution in [0, 0.1) is 0 Å². The summed E-state index contributed by atoms with van der Waals surface area (Å²) in [6.45, 7) is 1.97. The van der Waals surface area contributed by atoms with Crippen molar-refractivity contribution in [2.24, 2.45) is 5.73 Å². The molecule has 1 rings (SSSR count). The fraction of sp³-hybridized carbons (Fsp3) is 0.462. The number of hydrogen-bond donors (Lipinski definition) is 1. The van der Waals surface area contributed by atoms with Gasteiger partial charge in [-0.3, -0.25) is 4.79 Å². The van der Waals surface area contributed by atoms with E-state index in [1.54, 1.807) is 14.1 Å². The van der Waals surface area contributed by atoms with Crippen molar-refractivity contribution in [3.05, 3.63) is 26.6 Å². The molecule has 2 N–H and O–H groups in total. The van der Waals surface area contributed by atoms with E-state index in [9.17, 15) is 4.79 Å². The van der Waals surface area contributed by atoms with E-state index in [1.807, 2.05) is 19.1 Å². The highest BCUT2D eigenvalue weighted by atomic mass is 79.9. The lowest BCUT2D eigenvalue weighted by molar-refractivity contribution is -0.130. The van der Waals surface area contributed by atoms with Crippen LogP contribution in [0.3, 0.4) is 0 Å². The molecule has 19 heavy (non-hydrogen) atoms. The number of halogens is 2. The maximum absolute atomic E-state index is 11.5. The number of likely N-dealkylation sites (N-methyl/N-ethyl adjacent to an activating group) is 1. The summed E-state index contributed by atoms with van der Waals surface area (Å²) in [4.78, 5) is 13.0. The largest absolute Gasteiger partial charge is 0.481 e. The second kappa shape index (κ2) is 7.26. The van der Waals surface area contributed by atoms with Gasteiger partial charge in [0.1, 0.15) is 5.75 Å². The molecule has 0 fully saturated rings. The molecule has 6 heteroatoms. The third-order valence-electron chi connectivity index (χ3n) is 2.45. The monoisotopic (exact) mass is 392 g/mol. The number of hydrogen-bond acceptors (Lipinski definition) is 3. The van der Waals surface area contributed by atoms with Crippen LogP contribution in [0.5, 0.6) is 5.75 Å². The van der Waals surface area contributed by atoms with Crippen molar-refractivity contribution in [3.8, 4) is 5.75 Å². The van der Waals surface area contributed by atoms with Crippen LogP contribution in [0.25, 0.3) is 0 Å². The summed E-state index contributed by atoms with van der Waals surface area (Å²) >= 11 is 6.91. The van der Waals surface area contributed by atoms with E-state index in [0.29, 0.717) is 5.75 Å². The van der Waals surface area contributed by atoms with E-state index in [0.717, 1.165) is 20.9 Å². The Morgan fingerprint density at radius 1 is 1.37 bits per heavy atom. The van der Waals surface area contributed by atoms with E-state index in [-0.39, 0.29) is 18.6 Å². The maximum atomic E-state index is 11.5. The molecule has 0 radical (unpaired) electrons. The summed E-state index contributed by atoms with van der Waals surface area (Å²) < 4.78 is 7.15. The van der Waals surface area contributed by atoms with Crippen LogP contribution in [0.2, 0.25) is 0 Å². The van der Waals surface area contributed by atoms with Gasteiger partial charge in [-0.1, -0.05) is 0 Å². The smallest absolute Gasteiger partial charge is 0.259 e. The van der Waals surface area contributed by atoms with Crippen molar-refractivity contribution in [2.75, 3.05) is 20.7 Å². The van der Waals surface area contributed by atoms with Crippen LogP contribution < -0.4 is 10.5 Å². The first kappa shape index (κ1) is 16.5. The number of amides is 1. The molecule has 0 bridgehead atoms. The van der Waals surface area contributed by atoms with Crippen molar-refractivity contribution in [2.45, 2.75) is 19.4 Å². The number of nitrogens with zero attached hydrogens (tertiary/aromatic N) is 1. The van der Waals surface area contributed by atoms with Crippen molar-refractivity contribution in [1.29, 1.82) is 0 Å². The van der Waals surface area contributed by atoms with Crippen molar-refractivity contribution < 1.29 is 9.53 Å². The number of carbonyl (C=O) groups is 1. The number of nitrogens with two attached hydrogens (primary N) is 1. The molecule has 4 nitrogen and oxygen atoms in total. The normalized spacial score (nSPS) is 12.1. The fourth-order valence-corrected chi connectivity index (χ4v) is 3.01. The highest BCUT2D eigenvalue weighted by molar-refractivity contribution is 9.11. The molecule has 0 aliphatic carbocycles. The minimum atomic E-state index is -0.0848. The van der Waals surface area contributed by atoms with Gasteiger partial charge in [-0.2, -0.15) is 0 Å². The zero-order valence-corrected chi connectivity index (χ0v) is 14.4. The van der Waals surface area contributed by atoms with Crippen LogP contribution in [-0.4, -0.2) is 37.6 Å². The molecule has 1 unspecified atom stereocenters. The third-order valence-corrected chi connectivity index (χ3v) is 3.63. The Labute approximate surface area is 130 Å². The van der Waals surface area contributed by atoms with Crippen LogP contribution >= 0.6 is 31.9 Å². The third kappa shape index (κ3) is 5.12. The lowest BCUT2D eigenvalue weighted by atomic mass is 10.1. The average molecular weight is 394 g/mol. The molecular formula is C13H18Br2N2O2. The van der Waals surface area contributed by atoms with Gasteiger partial charge in [0.2, 0.25) is 0 Å². The van der Waals surface area contributed by atoms with E-state index in [4.69, 9.17) is 10.5 Å². The summed E-state index contributed by atoms with van der Waals surface area (Å²) in [5.41, 5.74) is 6.89. The standard InChI is InChI=1S/C13H18Br2N2O2/c1-8(16)4-9-5-10(14)13(11(15)6-9)19-7-12(18)17(2)3/h5-6,8H,4,7,16H2,1-3H3. The average Bonchev–Trinajstić information content (AvgIpc) is 2.26. The Hall–Kier alpha value is -0.590. The number of benzene rings is 1. The van der Waals surface area contributed by atoms with Crippen LogP contribution in [0.15, 0.2) is 21.1 Å². The predicted octanol–water partition coefficient (Wildman–Crippen LogP) is 2.57. The Balaban J connectivity index is 2.82. The number of rotatable bonds is 5. The van der Waals surface area contributed by atoms with Gasteiger partial charge in [0.05, 0.1) is 8.95 Å². The molecule has 0 saturated heterocycles. The molecular weight excluding hydrogens is 376 g/mol. The van der Waals surface area contributed by atoms with Gasteiger partial charge in [0, 0.05) is 20.1 Å². The highest BCUT2D eigenvalue weighted by Crippen LogP contribution is 2.35. The molecule has 0 aliphatic heterocycles. The molecule has 106 valence electrons. The maximum Gasteiger partial charge on any atom is 0.259 e. The van der Waals surface area contributed by atoms with Crippen molar-refractivity contribution >= 4 is 37.8 Å². The first-order valence-electron chi connectivity index (χ1n) is 5.87. The van der Waals surface area contributed by atoms with E-state index in [1.165, 1.54) is 4.90 Å². The van der Waals surface area contributed by atoms with Gasteiger partial charge in [-0.15, -0.1) is 0 Å². The molecule has 0 aromatic heterocycles. The Morgan fingerprint density at radius 2 is 1.89 bits per heavy atom. The second-order valence-corrected chi connectivity index (χ2v) is 6.36. The minimum absolute atomic E-state index is 0.0108. The van der Waals surface area contributed by atoms with Crippen molar-refractivity contribution in [3.63, 3.8) is 0 Å². The lowest BCUT2D eigenvalue weighted by Crippen LogP contribution is -2.27.